The molecular weight excluding hydrogens is 272 g/mol. The minimum atomic E-state index is -0.101. The number of nitrogens with zero attached hydrogens (tertiary/aromatic N) is 1. The number of carbonyl (C=O) groups is 1. The molecule has 0 saturated heterocycles. The van der Waals surface area contributed by atoms with Crippen LogP contribution in [0.1, 0.15) is 27.7 Å². The Balaban J connectivity index is 1.66. The summed E-state index contributed by atoms with van der Waals surface area (Å²) < 4.78 is 0. The number of amides is 1. The standard InChI is InChI=1S/C15H16N2O2S/c1-9-2-3-14(20-9)11-6-12(11)15(19)17-13-7-16-5-4-10(13)8-18/h2-5,7,11-12,18H,6,8H2,1H3,(H,17,19). The van der Waals surface area contributed by atoms with Gasteiger partial charge in [0.15, 0.2) is 0 Å². The molecule has 5 heteroatoms. The van der Waals surface area contributed by atoms with E-state index >= 15 is 0 Å². The van der Waals surface area contributed by atoms with Crippen molar-refractivity contribution in [1.82, 2.24) is 4.98 Å². The Kier molecular flexibility index (Phi) is 3.54. The van der Waals surface area contributed by atoms with Crippen LogP contribution in [-0.2, 0) is 11.4 Å². The smallest absolute Gasteiger partial charge is 0.228 e. The summed E-state index contributed by atoms with van der Waals surface area (Å²) in [5, 5.41) is 12.1. The molecule has 0 aliphatic heterocycles. The van der Waals surface area contributed by atoms with E-state index in [9.17, 15) is 9.90 Å². The highest BCUT2D eigenvalue weighted by atomic mass is 32.1. The predicted octanol–water partition coefficient (Wildman–Crippen LogP) is 2.69. The third-order valence-electron chi connectivity index (χ3n) is 3.59. The lowest BCUT2D eigenvalue weighted by molar-refractivity contribution is -0.117. The van der Waals surface area contributed by atoms with E-state index in [1.54, 1.807) is 29.8 Å². The molecule has 20 heavy (non-hydrogen) atoms. The van der Waals surface area contributed by atoms with Gasteiger partial charge in [0.25, 0.3) is 0 Å². The van der Waals surface area contributed by atoms with Gasteiger partial charge in [-0.15, -0.1) is 11.3 Å². The van der Waals surface area contributed by atoms with Crippen molar-refractivity contribution in [2.45, 2.75) is 25.9 Å². The van der Waals surface area contributed by atoms with Crippen LogP contribution >= 0.6 is 11.3 Å². The van der Waals surface area contributed by atoms with Crippen molar-refractivity contribution in [3.63, 3.8) is 0 Å². The first kappa shape index (κ1) is 13.3. The lowest BCUT2D eigenvalue weighted by Crippen LogP contribution is -2.16. The van der Waals surface area contributed by atoms with Gasteiger partial charge in [-0.05, 0) is 31.5 Å². The average Bonchev–Trinajstić information content (AvgIpc) is 3.15. The van der Waals surface area contributed by atoms with Gasteiger partial charge in [0.2, 0.25) is 5.91 Å². The fraction of sp³-hybridized carbons (Fsp3) is 0.333. The van der Waals surface area contributed by atoms with E-state index in [0.717, 1.165) is 6.42 Å². The molecule has 3 rings (SSSR count). The maximum absolute atomic E-state index is 12.2. The summed E-state index contributed by atoms with van der Waals surface area (Å²) in [4.78, 5) is 18.8. The van der Waals surface area contributed by atoms with Crippen molar-refractivity contribution in [1.29, 1.82) is 0 Å². The SMILES string of the molecule is Cc1ccc(C2CC2C(=O)Nc2cnccc2CO)s1. The summed E-state index contributed by atoms with van der Waals surface area (Å²) >= 11 is 1.76. The van der Waals surface area contributed by atoms with Crippen molar-refractivity contribution >= 4 is 22.9 Å². The van der Waals surface area contributed by atoms with Gasteiger partial charge in [0.1, 0.15) is 0 Å². The predicted molar refractivity (Wildman–Crippen MR) is 78.7 cm³/mol. The van der Waals surface area contributed by atoms with Gasteiger partial charge < -0.3 is 10.4 Å². The van der Waals surface area contributed by atoms with Crippen molar-refractivity contribution in [3.05, 3.63) is 45.9 Å². The van der Waals surface area contributed by atoms with E-state index in [-0.39, 0.29) is 18.4 Å². The van der Waals surface area contributed by atoms with Gasteiger partial charge >= 0.3 is 0 Å². The quantitative estimate of drug-likeness (QED) is 0.909. The molecule has 2 aromatic heterocycles. The second-order valence-electron chi connectivity index (χ2n) is 5.08. The van der Waals surface area contributed by atoms with Crippen LogP contribution in [0.3, 0.4) is 0 Å². The number of aryl methyl sites for hydroxylation is 1. The molecule has 4 nitrogen and oxygen atoms in total. The molecular formula is C15H16N2O2S. The molecule has 2 heterocycles. The highest BCUT2D eigenvalue weighted by Crippen LogP contribution is 2.50. The fourth-order valence-corrected chi connectivity index (χ4v) is 3.41. The third-order valence-corrected chi connectivity index (χ3v) is 4.73. The van der Waals surface area contributed by atoms with Crippen LogP contribution < -0.4 is 5.32 Å². The van der Waals surface area contributed by atoms with E-state index in [1.807, 2.05) is 0 Å². The number of pyridine rings is 1. The van der Waals surface area contributed by atoms with E-state index < -0.39 is 0 Å². The molecule has 1 amide bonds. The van der Waals surface area contributed by atoms with Gasteiger partial charge in [0, 0.05) is 33.4 Å². The fourth-order valence-electron chi connectivity index (χ4n) is 2.35. The maximum atomic E-state index is 12.2. The summed E-state index contributed by atoms with van der Waals surface area (Å²) in [7, 11) is 0. The first-order chi connectivity index (χ1) is 9.69. The Morgan fingerprint density at radius 3 is 3.05 bits per heavy atom. The van der Waals surface area contributed by atoms with Gasteiger partial charge in [0.05, 0.1) is 18.5 Å². The molecule has 0 bridgehead atoms. The molecule has 104 valence electrons. The molecule has 2 unspecified atom stereocenters. The number of hydrogen-bond donors (Lipinski definition) is 2. The number of rotatable bonds is 4. The summed E-state index contributed by atoms with van der Waals surface area (Å²) in [6.45, 7) is 1.98. The highest BCUT2D eigenvalue weighted by Gasteiger charge is 2.44. The lowest BCUT2D eigenvalue weighted by atomic mass is 10.2. The van der Waals surface area contributed by atoms with Crippen LogP contribution in [-0.4, -0.2) is 16.0 Å². The largest absolute Gasteiger partial charge is 0.392 e. The number of aromatic nitrogens is 1. The van der Waals surface area contributed by atoms with Crippen LogP contribution in [0.4, 0.5) is 5.69 Å². The number of nitrogens with one attached hydrogen (secondary N) is 1. The Bertz CT molecular complexity index is 638. The average molecular weight is 288 g/mol. The molecule has 1 aliphatic rings. The third kappa shape index (κ3) is 2.59. The Morgan fingerprint density at radius 1 is 1.50 bits per heavy atom. The van der Waals surface area contributed by atoms with Gasteiger partial charge in [-0.1, -0.05) is 0 Å². The molecule has 0 radical (unpaired) electrons. The summed E-state index contributed by atoms with van der Waals surface area (Å²) in [6.07, 6.45) is 4.09. The second-order valence-corrected chi connectivity index (χ2v) is 6.40. The zero-order chi connectivity index (χ0) is 14.1. The normalized spacial score (nSPS) is 20.7. The van der Waals surface area contributed by atoms with Gasteiger partial charge in [-0.2, -0.15) is 0 Å². The Labute approximate surface area is 121 Å². The molecule has 2 aromatic rings. The molecule has 0 aromatic carbocycles. The van der Waals surface area contributed by atoms with Crippen molar-refractivity contribution in [2.75, 3.05) is 5.32 Å². The minimum absolute atomic E-state index is 0.0174. The number of hydrogen-bond acceptors (Lipinski definition) is 4. The summed E-state index contributed by atoms with van der Waals surface area (Å²) in [5.74, 6) is 0.409. The minimum Gasteiger partial charge on any atom is -0.392 e. The van der Waals surface area contributed by atoms with Crippen molar-refractivity contribution in [3.8, 4) is 0 Å². The molecule has 2 atom stereocenters. The Morgan fingerprint density at radius 2 is 2.35 bits per heavy atom. The lowest BCUT2D eigenvalue weighted by Gasteiger charge is -2.08. The molecule has 1 saturated carbocycles. The Hall–Kier alpha value is -1.72. The van der Waals surface area contributed by atoms with Gasteiger partial charge in [-0.3, -0.25) is 9.78 Å². The van der Waals surface area contributed by atoms with Crippen LogP contribution in [0.25, 0.3) is 0 Å². The van der Waals surface area contributed by atoms with E-state index in [1.165, 1.54) is 9.75 Å². The molecule has 2 N–H and O–H groups in total. The number of carbonyl (C=O) groups excluding carboxylic acids is 1. The number of anilines is 1. The molecule has 0 spiro atoms. The zero-order valence-corrected chi connectivity index (χ0v) is 12.0. The van der Waals surface area contributed by atoms with Crippen molar-refractivity contribution < 1.29 is 9.90 Å². The molecule has 1 fully saturated rings. The first-order valence-electron chi connectivity index (χ1n) is 6.60. The van der Waals surface area contributed by atoms with E-state index in [2.05, 4.69) is 29.4 Å². The monoisotopic (exact) mass is 288 g/mol. The van der Waals surface area contributed by atoms with Crippen LogP contribution in [0, 0.1) is 12.8 Å². The maximum Gasteiger partial charge on any atom is 0.228 e. The topological polar surface area (TPSA) is 62.2 Å². The van der Waals surface area contributed by atoms with E-state index in [0.29, 0.717) is 17.2 Å². The number of aliphatic hydroxyl groups excluding tert-OH is 1. The number of aliphatic hydroxyl groups is 1. The van der Waals surface area contributed by atoms with Crippen LogP contribution in [0.2, 0.25) is 0 Å². The van der Waals surface area contributed by atoms with Crippen LogP contribution in [0.15, 0.2) is 30.6 Å². The summed E-state index contributed by atoms with van der Waals surface area (Å²) in [5.41, 5.74) is 1.30. The second kappa shape index (κ2) is 5.34. The van der Waals surface area contributed by atoms with E-state index in [4.69, 9.17) is 0 Å². The first-order valence-corrected chi connectivity index (χ1v) is 7.41. The van der Waals surface area contributed by atoms with Crippen LogP contribution in [0.5, 0.6) is 0 Å². The van der Waals surface area contributed by atoms with Gasteiger partial charge in [-0.25, -0.2) is 0 Å². The number of thiophene rings is 1. The highest BCUT2D eigenvalue weighted by molar-refractivity contribution is 7.12. The van der Waals surface area contributed by atoms with Crippen molar-refractivity contribution in [2.24, 2.45) is 5.92 Å². The summed E-state index contributed by atoms with van der Waals surface area (Å²) in [6, 6.07) is 5.92. The zero-order valence-electron chi connectivity index (χ0n) is 11.2. The molecule has 1 aliphatic carbocycles.